The highest BCUT2D eigenvalue weighted by Crippen LogP contribution is 2.62. The summed E-state index contributed by atoms with van der Waals surface area (Å²) in [5.41, 5.74) is 9.87. The number of rotatable bonds is 9. The van der Waals surface area contributed by atoms with E-state index in [9.17, 15) is 10.2 Å². The highest BCUT2D eigenvalue weighted by molar-refractivity contribution is 6.09. The maximum Gasteiger partial charge on any atom is 0.163 e. The molecule has 4 aliphatic carbocycles. The zero-order valence-electron chi connectivity index (χ0n) is 30.0. The minimum Gasteiger partial charge on any atom is -0.507 e. The summed E-state index contributed by atoms with van der Waals surface area (Å²) in [5.74, 6) is 3.02. The number of ether oxygens (including phenoxy) is 1. The molecule has 0 spiro atoms. The predicted octanol–water partition coefficient (Wildman–Crippen LogP) is 11.1. The quantitative estimate of drug-likeness (QED) is 0.150. The molecular formula is C46H48N2O3. The van der Waals surface area contributed by atoms with E-state index in [2.05, 4.69) is 120 Å². The predicted molar refractivity (Wildman–Crippen MR) is 209 cm³/mol. The van der Waals surface area contributed by atoms with Gasteiger partial charge < -0.3 is 24.4 Å². The van der Waals surface area contributed by atoms with Crippen molar-refractivity contribution in [1.82, 2.24) is 4.57 Å². The van der Waals surface area contributed by atoms with Crippen LogP contribution in [0.2, 0.25) is 0 Å². The minimum absolute atomic E-state index is 0.0682. The molecule has 1 aromatic heterocycles. The summed E-state index contributed by atoms with van der Waals surface area (Å²) in [7, 11) is 1.74. The molecule has 1 heterocycles. The van der Waals surface area contributed by atoms with Crippen molar-refractivity contribution >= 4 is 33.2 Å². The summed E-state index contributed by atoms with van der Waals surface area (Å²) in [6, 6.07) is 33.9. The first kappa shape index (κ1) is 32.2. The fraction of sp³-hybridized carbons (Fsp3) is 0.348. The van der Waals surface area contributed by atoms with E-state index in [1.165, 1.54) is 44.1 Å². The maximum atomic E-state index is 12.4. The van der Waals surface area contributed by atoms with Crippen molar-refractivity contribution in [3.8, 4) is 28.3 Å². The molecule has 4 bridgehead atoms. The van der Waals surface area contributed by atoms with Crippen LogP contribution in [0.25, 0.3) is 38.6 Å². The van der Waals surface area contributed by atoms with E-state index < -0.39 is 0 Å². The van der Waals surface area contributed by atoms with Crippen LogP contribution >= 0.6 is 0 Å². The smallest absolute Gasteiger partial charge is 0.163 e. The number of methoxy groups -OCH3 is 1. The molecule has 5 heteroatoms. The maximum absolute atomic E-state index is 12.4. The molecule has 0 unspecified atom stereocenters. The van der Waals surface area contributed by atoms with Crippen molar-refractivity contribution in [2.75, 3.05) is 25.2 Å². The van der Waals surface area contributed by atoms with Crippen LogP contribution in [0.4, 0.5) is 11.4 Å². The van der Waals surface area contributed by atoms with Gasteiger partial charge in [0.25, 0.3) is 0 Å². The van der Waals surface area contributed by atoms with Gasteiger partial charge in [-0.3, -0.25) is 0 Å². The third-order valence-corrected chi connectivity index (χ3v) is 12.4. The molecule has 5 nitrogen and oxygen atoms in total. The Morgan fingerprint density at radius 2 is 1.27 bits per heavy atom. The fourth-order valence-corrected chi connectivity index (χ4v) is 10.8. The van der Waals surface area contributed by atoms with E-state index in [0.29, 0.717) is 18.9 Å². The lowest BCUT2D eigenvalue weighted by Gasteiger charge is -2.57. The van der Waals surface area contributed by atoms with Gasteiger partial charge in [0.15, 0.2) is 5.75 Å². The van der Waals surface area contributed by atoms with Crippen LogP contribution in [-0.4, -0.2) is 35.0 Å². The summed E-state index contributed by atoms with van der Waals surface area (Å²) >= 11 is 0. The van der Waals surface area contributed by atoms with Crippen LogP contribution in [0, 0.1) is 31.6 Å². The average Bonchev–Trinajstić information content (AvgIpc) is 3.46. The second-order valence-corrected chi connectivity index (χ2v) is 15.9. The number of benzene rings is 5. The Hall–Kier alpha value is -4.74. The monoisotopic (exact) mass is 676 g/mol. The van der Waals surface area contributed by atoms with Gasteiger partial charge in [0.05, 0.1) is 22.4 Å². The zero-order valence-corrected chi connectivity index (χ0v) is 30.0. The highest BCUT2D eigenvalue weighted by atomic mass is 16.5. The Balaban J connectivity index is 1.21. The average molecular weight is 677 g/mol. The van der Waals surface area contributed by atoms with Crippen LogP contribution in [0.3, 0.4) is 0 Å². The number of hydrogen-bond donors (Lipinski definition) is 2. The van der Waals surface area contributed by atoms with E-state index in [4.69, 9.17) is 4.74 Å². The van der Waals surface area contributed by atoms with E-state index in [-0.39, 0.29) is 11.2 Å². The van der Waals surface area contributed by atoms with E-state index in [1.54, 1.807) is 7.11 Å². The molecule has 0 saturated heterocycles. The lowest BCUT2D eigenvalue weighted by Crippen LogP contribution is -2.48. The van der Waals surface area contributed by atoms with Crippen molar-refractivity contribution in [3.63, 3.8) is 0 Å². The number of anilines is 2. The molecule has 0 atom stereocenters. The molecular weight excluding hydrogens is 629 g/mol. The number of phenolic OH excluding ortho intramolecular Hbond substituents is 2. The second kappa shape index (κ2) is 12.5. The number of phenols is 2. The third kappa shape index (κ3) is 5.31. The normalized spacial score (nSPS) is 22.3. The van der Waals surface area contributed by atoms with Gasteiger partial charge in [-0.25, -0.2) is 0 Å². The summed E-state index contributed by atoms with van der Waals surface area (Å²) in [6.45, 7) is 5.50. The topological polar surface area (TPSA) is 57.9 Å². The van der Waals surface area contributed by atoms with Crippen molar-refractivity contribution in [2.45, 2.75) is 64.2 Å². The molecule has 4 aliphatic rings. The molecule has 10 rings (SSSR count). The number of aromatic nitrogens is 1. The Morgan fingerprint density at radius 3 is 1.92 bits per heavy atom. The Morgan fingerprint density at radius 1 is 0.686 bits per heavy atom. The van der Waals surface area contributed by atoms with Crippen molar-refractivity contribution in [3.05, 3.63) is 114 Å². The van der Waals surface area contributed by atoms with Crippen LogP contribution in [0.5, 0.6) is 11.5 Å². The first-order valence-electron chi connectivity index (χ1n) is 18.9. The van der Waals surface area contributed by atoms with E-state index in [0.717, 1.165) is 85.3 Å². The number of nitrogens with zero attached hydrogens (tertiary/aromatic N) is 2. The second-order valence-electron chi connectivity index (χ2n) is 15.9. The summed E-state index contributed by atoms with van der Waals surface area (Å²) in [4.78, 5) is 2.24. The number of para-hydroxylation sites is 3. The molecule has 2 N–H and O–H groups in total. The zero-order chi connectivity index (χ0) is 34.9. The SMILES string of the molecule is COCCCN(c1ccccc1-c1cc(C)cc(C23CC4CC(CC(C4)C2)C3)c1O)c1cc(C)cc(-n2c3ccccc3c3ccccc32)c1O. The van der Waals surface area contributed by atoms with Crippen molar-refractivity contribution in [1.29, 1.82) is 0 Å². The van der Waals surface area contributed by atoms with E-state index >= 15 is 0 Å². The lowest BCUT2D eigenvalue weighted by molar-refractivity contribution is -0.00612. The third-order valence-electron chi connectivity index (χ3n) is 12.4. The molecule has 0 amide bonds. The van der Waals surface area contributed by atoms with Gasteiger partial charge in [0.2, 0.25) is 0 Å². The van der Waals surface area contributed by atoms with Crippen LogP contribution in [0.15, 0.2) is 97.1 Å². The first-order chi connectivity index (χ1) is 24.8. The van der Waals surface area contributed by atoms with Crippen molar-refractivity contribution < 1.29 is 14.9 Å². The molecule has 6 aromatic rings. The molecule has 4 fully saturated rings. The lowest BCUT2D eigenvalue weighted by atomic mass is 9.48. The molecule has 0 radical (unpaired) electrons. The van der Waals surface area contributed by atoms with Gasteiger partial charge in [-0.2, -0.15) is 0 Å². The Labute approximate surface area is 301 Å². The summed E-state index contributed by atoms with van der Waals surface area (Å²) in [5, 5.41) is 27.2. The highest BCUT2D eigenvalue weighted by Gasteiger charge is 2.52. The van der Waals surface area contributed by atoms with Crippen LogP contribution in [-0.2, 0) is 10.2 Å². The molecule has 260 valence electrons. The first-order valence-corrected chi connectivity index (χ1v) is 18.9. The Bertz CT molecular complexity index is 2190. The number of aryl methyl sites for hydroxylation is 2. The molecule has 0 aliphatic heterocycles. The van der Waals surface area contributed by atoms with Crippen LogP contribution in [0.1, 0.15) is 61.6 Å². The largest absolute Gasteiger partial charge is 0.507 e. The van der Waals surface area contributed by atoms with Gasteiger partial charge in [-0.1, -0.05) is 60.7 Å². The minimum atomic E-state index is 0.0682. The summed E-state index contributed by atoms with van der Waals surface area (Å²) < 4.78 is 7.74. The fourth-order valence-electron chi connectivity index (χ4n) is 10.8. The van der Waals surface area contributed by atoms with Gasteiger partial charge in [-0.05, 0) is 129 Å². The van der Waals surface area contributed by atoms with Crippen molar-refractivity contribution in [2.24, 2.45) is 17.8 Å². The standard InChI is InChI=1S/C46H48N2O3/c1-29-19-37(44(49)38(20-29)46-26-31-23-32(27-46)25-33(24-31)28-46)36-13-4-7-14-39(36)47(17-10-18-51-3)42-21-30(2)22-43(45(42)50)48-40-15-8-5-11-34(40)35-12-6-9-16-41(35)48/h4-9,11-16,19-22,31-33,49-50H,10,17-18,23-28H2,1-3H3. The van der Waals surface area contributed by atoms with E-state index in [1.807, 2.05) is 0 Å². The van der Waals surface area contributed by atoms with Gasteiger partial charge in [0.1, 0.15) is 5.75 Å². The molecule has 4 saturated carbocycles. The van der Waals surface area contributed by atoms with Gasteiger partial charge in [0, 0.05) is 53.4 Å². The van der Waals surface area contributed by atoms with Gasteiger partial charge >= 0.3 is 0 Å². The Kier molecular flexibility index (Phi) is 7.88. The van der Waals surface area contributed by atoms with Gasteiger partial charge in [-0.15, -0.1) is 0 Å². The number of hydrogen-bond acceptors (Lipinski definition) is 4. The molecule has 51 heavy (non-hydrogen) atoms. The van der Waals surface area contributed by atoms with Crippen LogP contribution < -0.4 is 4.90 Å². The molecule has 5 aromatic carbocycles. The number of aromatic hydroxyl groups is 2. The number of fused-ring (bicyclic) bond motifs is 3. The summed E-state index contributed by atoms with van der Waals surface area (Å²) in [6.07, 6.45) is 8.47.